The van der Waals surface area contributed by atoms with Gasteiger partial charge >= 0.3 is 5.51 Å². The molecule has 0 heterocycles. The summed E-state index contributed by atoms with van der Waals surface area (Å²) in [6.07, 6.45) is 0. The zero-order chi connectivity index (χ0) is 17.9. The number of alkyl halides is 3. The highest BCUT2D eigenvalue weighted by Crippen LogP contribution is 2.44. The first kappa shape index (κ1) is 17.5. The van der Waals surface area contributed by atoms with Crippen LogP contribution in [0, 0.1) is 20.2 Å². The van der Waals surface area contributed by atoms with Crippen molar-refractivity contribution in [1.29, 1.82) is 0 Å². The Hall–Kier alpha value is -2.82. The molecule has 0 amide bonds. The fourth-order valence-corrected chi connectivity index (χ4v) is 2.30. The molecule has 0 radical (unpaired) electrons. The van der Waals surface area contributed by atoms with Crippen LogP contribution in [0.15, 0.2) is 47.4 Å². The van der Waals surface area contributed by atoms with E-state index >= 15 is 0 Å². The molecule has 24 heavy (non-hydrogen) atoms. The summed E-state index contributed by atoms with van der Waals surface area (Å²) in [5.41, 5.74) is -5.39. The highest BCUT2D eigenvalue weighted by Gasteiger charge is 2.32. The molecule has 0 atom stereocenters. The van der Waals surface area contributed by atoms with E-state index in [9.17, 15) is 33.4 Å². The van der Waals surface area contributed by atoms with E-state index in [1.54, 1.807) is 0 Å². The molecule has 0 aromatic heterocycles. The highest BCUT2D eigenvalue weighted by molar-refractivity contribution is 8.00. The molecule has 0 bridgehead atoms. The third kappa shape index (κ3) is 4.59. The molecule has 0 aliphatic carbocycles. The van der Waals surface area contributed by atoms with Crippen molar-refractivity contribution in [2.24, 2.45) is 0 Å². The summed E-state index contributed by atoms with van der Waals surface area (Å²) < 4.78 is 43.1. The molecule has 11 heteroatoms. The second kappa shape index (κ2) is 6.74. The molecule has 0 saturated heterocycles. The molecule has 0 aliphatic rings. The van der Waals surface area contributed by atoms with Crippen LogP contribution in [0.4, 0.5) is 24.5 Å². The number of nitro benzene ring substituents is 2. The number of rotatable bonds is 5. The minimum atomic E-state index is -4.66. The van der Waals surface area contributed by atoms with E-state index in [1.165, 1.54) is 12.1 Å². The van der Waals surface area contributed by atoms with E-state index in [-0.39, 0.29) is 17.2 Å². The van der Waals surface area contributed by atoms with Gasteiger partial charge in [0.25, 0.3) is 11.4 Å². The van der Waals surface area contributed by atoms with E-state index in [0.717, 1.165) is 30.3 Å². The molecule has 2 aromatic carbocycles. The molecule has 2 aromatic rings. The number of ether oxygens (including phenoxy) is 1. The van der Waals surface area contributed by atoms with Crippen LogP contribution in [0.2, 0.25) is 0 Å². The Kier molecular flexibility index (Phi) is 4.93. The fourth-order valence-electron chi connectivity index (χ4n) is 1.66. The van der Waals surface area contributed by atoms with Crippen LogP contribution in [0.1, 0.15) is 0 Å². The summed E-state index contributed by atoms with van der Waals surface area (Å²) in [5, 5.41) is 21.3. The van der Waals surface area contributed by atoms with Crippen LogP contribution < -0.4 is 4.74 Å². The van der Waals surface area contributed by atoms with Crippen LogP contribution >= 0.6 is 11.8 Å². The van der Waals surface area contributed by atoms with Gasteiger partial charge in [-0.3, -0.25) is 20.2 Å². The Labute approximate surface area is 136 Å². The lowest BCUT2D eigenvalue weighted by Crippen LogP contribution is -2.01. The molecule has 0 spiro atoms. The molecule has 7 nitrogen and oxygen atoms in total. The first-order valence-electron chi connectivity index (χ1n) is 6.12. The van der Waals surface area contributed by atoms with Crippen molar-refractivity contribution >= 4 is 23.1 Å². The molecule has 0 N–H and O–H groups in total. The average Bonchev–Trinajstić information content (AvgIpc) is 2.48. The van der Waals surface area contributed by atoms with Crippen LogP contribution in [0.3, 0.4) is 0 Å². The number of nitrogens with zero attached hydrogens (tertiary/aromatic N) is 2. The van der Waals surface area contributed by atoms with Gasteiger partial charge in [0.05, 0.1) is 14.7 Å². The van der Waals surface area contributed by atoms with Gasteiger partial charge < -0.3 is 4.74 Å². The maximum absolute atomic E-state index is 12.6. The third-order valence-corrected chi connectivity index (χ3v) is 3.41. The average molecular weight is 360 g/mol. The number of nitro groups is 2. The second-order valence-corrected chi connectivity index (χ2v) is 5.40. The maximum Gasteiger partial charge on any atom is 0.446 e. The predicted molar refractivity (Wildman–Crippen MR) is 78.2 cm³/mol. The highest BCUT2D eigenvalue weighted by atomic mass is 32.2. The summed E-state index contributed by atoms with van der Waals surface area (Å²) in [6.45, 7) is 0. The number of halogens is 3. The lowest BCUT2D eigenvalue weighted by molar-refractivity contribution is -0.385. The maximum atomic E-state index is 12.6. The first-order chi connectivity index (χ1) is 11.2. The molecular weight excluding hydrogens is 353 g/mol. The first-order valence-corrected chi connectivity index (χ1v) is 6.94. The topological polar surface area (TPSA) is 95.5 Å². The van der Waals surface area contributed by atoms with Crippen molar-refractivity contribution in [2.45, 2.75) is 10.4 Å². The van der Waals surface area contributed by atoms with Gasteiger partial charge in [-0.1, -0.05) is 0 Å². The van der Waals surface area contributed by atoms with Gasteiger partial charge in [0.1, 0.15) is 11.5 Å². The van der Waals surface area contributed by atoms with Crippen molar-refractivity contribution < 1.29 is 27.8 Å². The van der Waals surface area contributed by atoms with E-state index in [4.69, 9.17) is 4.74 Å². The number of non-ortho nitro benzene ring substituents is 2. The molecular formula is C13H7F3N2O5S. The smallest absolute Gasteiger partial charge is 0.446 e. The Morgan fingerprint density at radius 1 is 0.917 bits per heavy atom. The molecule has 0 aliphatic heterocycles. The number of thioether (sulfide) groups is 1. The monoisotopic (exact) mass is 360 g/mol. The van der Waals surface area contributed by atoms with Crippen LogP contribution in [0.5, 0.6) is 11.5 Å². The van der Waals surface area contributed by atoms with E-state index in [2.05, 4.69) is 0 Å². The lowest BCUT2D eigenvalue weighted by atomic mass is 10.3. The quantitative estimate of drug-likeness (QED) is 0.427. The minimum absolute atomic E-state index is 0.0541. The Morgan fingerprint density at radius 2 is 1.46 bits per heavy atom. The Balaban J connectivity index is 2.34. The van der Waals surface area contributed by atoms with Gasteiger partial charge in [-0.2, -0.15) is 13.2 Å². The van der Waals surface area contributed by atoms with Crippen molar-refractivity contribution in [2.75, 3.05) is 0 Å². The summed E-state index contributed by atoms with van der Waals surface area (Å²) in [7, 11) is 0. The number of hydrogen-bond donors (Lipinski definition) is 0. The lowest BCUT2D eigenvalue weighted by Gasteiger charge is -2.12. The van der Waals surface area contributed by atoms with Gasteiger partial charge in [0, 0.05) is 24.3 Å². The standard InChI is InChI=1S/C13H7F3N2O5S/c14-13(15,16)24-12-7-9(18(21)22)3-6-11(12)23-10-4-1-8(2-5-10)17(19)20/h1-7H. The van der Waals surface area contributed by atoms with Crippen molar-refractivity contribution in [3.05, 3.63) is 62.7 Å². The van der Waals surface area contributed by atoms with E-state index in [0.29, 0.717) is 0 Å². The SMILES string of the molecule is O=[N+]([O-])c1ccc(Oc2ccc([N+](=O)[O-])cc2SC(F)(F)F)cc1. The molecule has 126 valence electrons. The van der Waals surface area contributed by atoms with E-state index in [1.807, 2.05) is 0 Å². The van der Waals surface area contributed by atoms with Crippen LogP contribution in [-0.2, 0) is 0 Å². The molecule has 0 saturated carbocycles. The predicted octanol–water partition coefficient (Wildman–Crippen LogP) is 4.91. The summed E-state index contributed by atoms with van der Waals surface area (Å²) in [6, 6.07) is 7.45. The second-order valence-electron chi connectivity index (χ2n) is 4.29. The Morgan fingerprint density at radius 3 is 1.96 bits per heavy atom. The van der Waals surface area contributed by atoms with Gasteiger partial charge in [0.2, 0.25) is 0 Å². The largest absolute Gasteiger partial charge is 0.456 e. The fraction of sp³-hybridized carbons (Fsp3) is 0.0769. The van der Waals surface area contributed by atoms with Crippen molar-refractivity contribution in [1.82, 2.24) is 0 Å². The molecule has 0 fully saturated rings. The summed E-state index contributed by atoms with van der Waals surface area (Å²) >= 11 is -0.551. The van der Waals surface area contributed by atoms with E-state index < -0.39 is 37.7 Å². The van der Waals surface area contributed by atoms with Crippen LogP contribution in [0.25, 0.3) is 0 Å². The zero-order valence-electron chi connectivity index (χ0n) is 11.5. The summed E-state index contributed by atoms with van der Waals surface area (Å²) in [4.78, 5) is 19.3. The molecule has 0 unspecified atom stereocenters. The van der Waals surface area contributed by atoms with Crippen molar-refractivity contribution in [3.8, 4) is 11.5 Å². The van der Waals surface area contributed by atoms with Gasteiger partial charge in [-0.05, 0) is 30.0 Å². The minimum Gasteiger partial charge on any atom is -0.456 e. The van der Waals surface area contributed by atoms with Gasteiger partial charge in [-0.25, -0.2) is 0 Å². The van der Waals surface area contributed by atoms with Gasteiger partial charge in [-0.15, -0.1) is 0 Å². The number of benzene rings is 2. The normalized spacial score (nSPS) is 11.1. The zero-order valence-corrected chi connectivity index (χ0v) is 12.3. The van der Waals surface area contributed by atoms with Crippen molar-refractivity contribution in [3.63, 3.8) is 0 Å². The van der Waals surface area contributed by atoms with Gasteiger partial charge in [0.15, 0.2) is 0 Å². The molecule has 2 rings (SSSR count). The number of hydrogen-bond acceptors (Lipinski definition) is 6. The third-order valence-electron chi connectivity index (χ3n) is 2.64. The van der Waals surface area contributed by atoms with Crippen LogP contribution in [-0.4, -0.2) is 15.4 Å². The summed E-state index contributed by atoms with van der Waals surface area (Å²) in [5.74, 6) is -0.199. The Bertz CT molecular complexity index is 780.